The number of aromatic nitrogens is 1. The van der Waals surface area contributed by atoms with Gasteiger partial charge < -0.3 is 0 Å². The number of hydrogen-bond acceptors (Lipinski definition) is 2. The highest BCUT2D eigenvalue weighted by atomic mass is 32.1. The van der Waals surface area contributed by atoms with Crippen molar-refractivity contribution in [3.63, 3.8) is 0 Å². The van der Waals surface area contributed by atoms with Crippen LogP contribution in [-0.4, -0.2) is 4.37 Å². The average molecular weight is 171 g/mol. The van der Waals surface area contributed by atoms with E-state index in [2.05, 4.69) is 18.2 Å². The van der Waals surface area contributed by atoms with Crippen molar-refractivity contribution >= 4 is 11.5 Å². The molecule has 1 aromatic heterocycles. The van der Waals surface area contributed by atoms with Gasteiger partial charge in [-0.25, -0.2) is 0 Å². The number of nitrogens with one attached hydrogen (secondary N) is 1. The quantitative estimate of drug-likeness (QED) is 0.740. The number of hydrogen-bond donors (Lipinski definition) is 1. The first-order valence-corrected chi connectivity index (χ1v) is 4.80. The van der Waals surface area contributed by atoms with Gasteiger partial charge in [0.05, 0.1) is 0 Å². The van der Waals surface area contributed by atoms with E-state index in [1.165, 1.54) is 16.4 Å². The maximum Gasteiger partial charge on any atom is 0.261 e. The van der Waals surface area contributed by atoms with Crippen LogP contribution in [0.1, 0.15) is 30.7 Å². The fourth-order valence-corrected chi connectivity index (χ4v) is 1.95. The number of aromatic amines is 1. The summed E-state index contributed by atoms with van der Waals surface area (Å²) in [5, 5.41) is 0. The largest absolute Gasteiger partial charge is 0.277 e. The molecular weight excluding hydrogens is 158 g/mol. The Bertz CT molecular complexity index is 274. The summed E-state index contributed by atoms with van der Waals surface area (Å²) in [5.74, 6) is 0. The molecule has 1 rings (SSSR count). The van der Waals surface area contributed by atoms with Crippen molar-refractivity contribution in [2.75, 3.05) is 0 Å². The van der Waals surface area contributed by atoms with Crippen LogP contribution >= 0.6 is 11.5 Å². The monoisotopic (exact) mass is 171 g/mol. The molecule has 0 aliphatic heterocycles. The van der Waals surface area contributed by atoms with E-state index in [0.29, 0.717) is 0 Å². The SMILES string of the molecule is CCCc1c(CC)s[nH]c1=O. The summed E-state index contributed by atoms with van der Waals surface area (Å²) in [4.78, 5) is 12.4. The predicted molar refractivity (Wildman–Crippen MR) is 48.3 cm³/mol. The zero-order chi connectivity index (χ0) is 8.27. The topological polar surface area (TPSA) is 32.9 Å². The van der Waals surface area contributed by atoms with Crippen molar-refractivity contribution in [2.45, 2.75) is 33.1 Å². The summed E-state index contributed by atoms with van der Waals surface area (Å²) in [7, 11) is 0. The second-order valence-corrected chi connectivity index (χ2v) is 3.44. The molecule has 1 aromatic rings. The Labute approximate surface area is 70.4 Å². The molecular formula is C8H13NOS. The molecule has 0 radical (unpaired) electrons. The van der Waals surface area contributed by atoms with Crippen LogP contribution in [0.5, 0.6) is 0 Å². The summed E-state index contributed by atoms with van der Waals surface area (Å²) in [6.45, 7) is 4.18. The van der Waals surface area contributed by atoms with Crippen LogP contribution in [0.25, 0.3) is 0 Å². The minimum absolute atomic E-state index is 0.119. The van der Waals surface area contributed by atoms with Gasteiger partial charge in [0.2, 0.25) is 0 Å². The van der Waals surface area contributed by atoms with E-state index in [-0.39, 0.29) is 5.56 Å². The molecule has 0 aliphatic carbocycles. The van der Waals surface area contributed by atoms with Gasteiger partial charge in [-0.2, -0.15) is 0 Å². The normalized spacial score (nSPS) is 10.4. The molecule has 0 saturated heterocycles. The molecule has 3 heteroatoms. The smallest absolute Gasteiger partial charge is 0.261 e. The van der Waals surface area contributed by atoms with Crippen molar-refractivity contribution in [2.24, 2.45) is 0 Å². The molecule has 0 aliphatic rings. The van der Waals surface area contributed by atoms with E-state index in [1.807, 2.05) is 0 Å². The lowest BCUT2D eigenvalue weighted by Gasteiger charge is -1.93. The van der Waals surface area contributed by atoms with Gasteiger partial charge in [-0.05, 0) is 12.8 Å². The maximum atomic E-state index is 11.1. The van der Waals surface area contributed by atoms with Crippen LogP contribution in [0.3, 0.4) is 0 Å². The molecule has 0 fully saturated rings. The number of aryl methyl sites for hydroxylation is 1. The Morgan fingerprint density at radius 1 is 1.45 bits per heavy atom. The molecule has 0 saturated carbocycles. The summed E-state index contributed by atoms with van der Waals surface area (Å²) in [5.41, 5.74) is 1.12. The Morgan fingerprint density at radius 3 is 2.73 bits per heavy atom. The second kappa shape index (κ2) is 3.72. The van der Waals surface area contributed by atoms with Gasteiger partial charge in [0.1, 0.15) is 0 Å². The first-order chi connectivity index (χ1) is 5.29. The van der Waals surface area contributed by atoms with Gasteiger partial charge in [0.15, 0.2) is 0 Å². The molecule has 0 aromatic carbocycles. The van der Waals surface area contributed by atoms with Crippen molar-refractivity contribution in [1.29, 1.82) is 0 Å². The highest BCUT2D eigenvalue weighted by Gasteiger charge is 2.06. The summed E-state index contributed by atoms with van der Waals surface area (Å²) >= 11 is 1.48. The van der Waals surface area contributed by atoms with Crippen molar-refractivity contribution in [1.82, 2.24) is 4.37 Å². The highest BCUT2D eigenvalue weighted by molar-refractivity contribution is 7.05. The Morgan fingerprint density at radius 2 is 2.18 bits per heavy atom. The van der Waals surface area contributed by atoms with E-state index in [4.69, 9.17) is 0 Å². The van der Waals surface area contributed by atoms with Gasteiger partial charge in [0, 0.05) is 10.4 Å². The second-order valence-electron chi connectivity index (χ2n) is 2.54. The third-order valence-corrected chi connectivity index (χ3v) is 2.77. The highest BCUT2D eigenvalue weighted by Crippen LogP contribution is 2.11. The Balaban J connectivity index is 2.97. The fraction of sp³-hybridized carbons (Fsp3) is 0.625. The summed E-state index contributed by atoms with van der Waals surface area (Å²) in [6, 6.07) is 0. The third kappa shape index (κ3) is 1.71. The molecule has 0 spiro atoms. The molecule has 0 unspecified atom stereocenters. The van der Waals surface area contributed by atoms with Crippen LogP contribution in [0, 0.1) is 0 Å². The average Bonchev–Trinajstić information content (AvgIpc) is 2.34. The van der Waals surface area contributed by atoms with Crippen LogP contribution < -0.4 is 5.56 Å². The first-order valence-electron chi connectivity index (χ1n) is 3.98. The molecule has 1 heterocycles. The molecule has 0 bridgehead atoms. The molecule has 11 heavy (non-hydrogen) atoms. The number of rotatable bonds is 3. The standard InChI is InChI=1S/C8H13NOS/c1-3-5-6-7(4-2)11-9-8(6)10/h3-5H2,1-2H3,(H,9,10). The predicted octanol–water partition coefficient (Wildman–Crippen LogP) is 1.95. The van der Waals surface area contributed by atoms with Gasteiger partial charge in [-0.1, -0.05) is 31.8 Å². The van der Waals surface area contributed by atoms with Gasteiger partial charge in [0.25, 0.3) is 5.56 Å². The lowest BCUT2D eigenvalue weighted by Crippen LogP contribution is -2.06. The maximum absolute atomic E-state index is 11.1. The minimum Gasteiger partial charge on any atom is -0.277 e. The zero-order valence-electron chi connectivity index (χ0n) is 6.94. The zero-order valence-corrected chi connectivity index (χ0v) is 7.75. The molecule has 2 nitrogen and oxygen atoms in total. The van der Waals surface area contributed by atoms with E-state index in [0.717, 1.165) is 24.8 Å². The third-order valence-electron chi connectivity index (χ3n) is 1.70. The molecule has 0 amide bonds. The first kappa shape index (κ1) is 8.53. The summed E-state index contributed by atoms with van der Waals surface area (Å²) in [6.07, 6.45) is 2.94. The van der Waals surface area contributed by atoms with E-state index in [9.17, 15) is 4.79 Å². The van der Waals surface area contributed by atoms with Crippen LogP contribution in [-0.2, 0) is 12.8 Å². The van der Waals surface area contributed by atoms with Crippen molar-refractivity contribution in [3.8, 4) is 0 Å². The van der Waals surface area contributed by atoms with E-state index in [1.54, 1.807) is 0 Å². The summed E-state index contributed by atoms with van der Waals surface area (Å²) < 4.78 is 2.76. The number of H-pyrrole nitrogens is 1. The van der Waals surface area contributed by atoms with E-state index >= 15 is 0 Å². The molecule has 62 valence electrons. The Kier molecular flexibility index (Phi) is 2.88. The van der Waals surface area contributed by atoms with Crippen molar-refractivity contribution < 1.29 is 0 Å². The lowest BCUT2D eigenvalue weighted by atomic mass is 10.1. The molecule has 1 N–H and O–H groups in total. The van der Waals surface area contributed by atoms with E-state index < -0.39 is 0 Å². The Hall–Kier alpha value is -0.570. The van der Waals surface area contributed by atoms with Gasteiger partial charge in [-0.15, -0.1) is 0 Å². The van der Waals surface area contributed by atoms with Crippen molar-refractivity contribution in [3.05, 3.63) is 20.8 Å². The fourth-order valence-electron chi connectivity index (χ4n) is 1.15. The lowest BCUT2D eigenvalue weighted by molar-refractivity contribution is 0.898. The van der Waals surface area contributed by atoms with Crippen LogP contribution in [0.4, 0.5) is 0 Å². The van der Waals surface area contributed by atoms with Gasteiger partial charge in [-0.3, -0.25) is 9.17 Å². The molecule has 0 atom stereocenters. The van der Waals surface area contributed by atoms with Gasteiger partial charge >= 0.3 is 0 Å². The minimum atomic E-state index is 0.119. The van der Waals surface area contributed by atoms with Crippen LogP contribution in [0.2, 0.25) is 0 Å². The van der Waals surface area contributed by atoms with Crippen LogP contribution in [0.15, 0.2) is 4.79 Å².